The number of aromatic nitrogens is 2. The molecule has 8 nitrogen and oxygen atoms in total. The Morgan fingerprint density at radius 3 is 2.89 bits per heavy atom. The standard InChI is InChI=1S/C34H31ClF2N6O2S/c1-18-11-34(7-3-8-42(34)14-18)17-45-33-40-29-26-30(44-15-21-10-19(12-38)4-2-9-43(21)32(26)41-33)27(35)25(28(29)37)22-5-6-23(36)31-24(22)20(13-39)16-46-31/h5-6,16,18-19,21H,2-4,7-11,14-15,17H2,1H3/t18-,19?,21?,34?/m1/s1. The summed E-state index contributed by atoms with van der Waals surface area (Å²) in [7, 11) is 0. The zero-order valence-electron chi connectivity index (χ0n) is 25.3. The second kappa shape index (κ2) is 11.2. The fourth-order valence-corrected chi connectivity index (χ4v) is 9.56. The highest BCUT2D eigenvalue weighted by Crippen LogP contribution is 2.51. The highest BCUT2D eigenvalue weighted by Gasteiger charge is 2.48. The average molecular weight is 661 g/mol. The number of benzene rings is 2. The third-order valence-corrected chi connectivity index (χ3v) is 11.7. The van der Waals surface area contributed by atoms with E-state index in [-0.39, 0.29) is 67.8 Å². The topological polar surface area (TPSA) is 98.3 Å². The van der Waals surface area contributed by atoms with Crippen molar-refractivity contribution in [2.24, 2.45) is 11.8 Å². The molecule has 2 aromatic carbocycles. The second-order valence-corrected chi connectivity index (χ2v) is 14.4. The number of fused-ring (bicyclic) bond motifs is 4. The molecule has 12 heteroatoms. The van der Waals surface area contributed by atoms with Crippen LogP contribution in [-0.4, -0.2) is 59.3 Å². The molecule has 3 fully saturated rings. The first-order chi connectivity index (χ1) is 22.3. The first-order valence-corrected chi connectivity index (χ1v) is 17.1. The van der Waals surface area contributed by atoms with Crippen molar-refractivity contribution in [3.8, 4) is 35.0 Å². The predicted molar refractivity (Wildman–Crippen MR) is 172 cm³/mol. The van der Waals surface area contributed by atoms with Crippen molar-refractivity contribution < 1.29 is 18.3 Å². The van der Waals surface area contributed by atoms with Gasteiger partial charge in [-0.1, -0.05) is 24.6 Å². The molecule has 0 radical (unpaired) electrons. The molecule has 46 heavy (non-hydrogen) atoms. The Balaban J connectivity index is 1.34. The molecule has 236 valence electrons. The number of nitriles is 2. The highest BCUT2D eigenvalue weighted by atomic mass is 35.5. The minimum absolute atomic E-state index is 0.00133. The van der Waals surface area contributed by atoms with Crippen molar-refractivity contribution >= 4 is 49.7 Å². The second-order valence-electron chi connectivity index (χ2n) is 13.2. The Morgan fingerprint density at radius 2 is 2.07 bits per heavy atom. The predicted octanol–water partition coefficient (Wildman–Crippen LogP) is 7.46. The van der Waals surface area contributed by atoms with E-state index < -0.39 is 11.6 Å². The summed E-state index contributed by atoms with van der Waals surface area (Å²) in [5.41, 5.74) is 0.386. The van der Waals surface area contributed by atoms with Crippen LogP contribution in [-0.2, 0) is 0 Å². The summed E-state index contributed by atoms with van der Waals surface area (Å²) < 4.78 is 45.0. The van der Waals surface area contributed by atoms with Crippen LogP contribution in [0.25, 0.3) is 32.1 Å². The van der Waals surface area contributed by atoms with Crippen LogP contribution in [0.5, 0.6) is 11.8 Å². The van der Waals surface area contributed by atoms with Crippen LogP contribution in [0.4, 0.5) is 14.6 Å². The van der Waals surface area contributed by atoms with Crippen LogP contribution < -0.4 is 14.4 Å². The van der Waals surface area contributed by atoms with Crippen LogP contribution in [0.15, 0.2) is 17.5 Å². The molecule has 4 aromatic rings. The van der Waals surface area contributed by atoms with Gasteiger partial charge in [0.15, 0.2) is 11.6 Å². The van der Waals surface area contributed by atoms with Gasteiger partial charge in [0, 0.05) is 35.3 Å². The normalized spacial score (nSPS) is 25.8. The molecule has 0 bridgehead atoms. The van der Waals surface area contributed by atoms with E-state index >= 15 is 4.39 Å². The summed E-state index contributed by atoms with van der Waals surface area (Å²) in [4.78, 5) is 14.2. The van der Waals surface area contributed by atoms with Crippen LogP contribution in [0, 0.1) is 46.1 Å². The van der Waals surface area contributed by atoms with Crippen LogP contribution in [0.3, 0.4) is 0 Å². The zero-order valence-corrected chi connectivity index (χ0v) is 26.9. The van der Waals surface area contributed by atoms with Gasteiger partial charge in [-0.15, -0.1) is 11.3 Å². The van der Waals surface area contributed by atoms with E-state index in [1.807, 2.05) is 0 Å². The minimum Gasteiger partial charge on any atom is -0.489 e. The van der Waals surface area contributed by atoms with E-state index in [4.69, 9.17) is 26.1 Å². The number of ether oxygens (including phenoxy) is 2. The van der Waals surface area contributed by atoms with E-state index in [1.165, 1.54) is 12.1 Å². The average Bonchev–Trinajstić information content (AvgIpc) is 3.65. The van der Waals surface area contributed by atoms with Gasteiger partial charge in [0.2, 0.25) is 0 Å². The molecule has 0 spiro atoms. The fraction of sp³-hybridized carbons (Fsp3) is 0.471. The molecule has 8 rings (SSSR count). The van der Waals surface area contributed by atoms with Gasteiger partial charge >= 0.3 is 6.01 Å². The SMILES string of the molecule is C[C@H]1CN2CCCC2(COc2nc3c4c(c(Cl)c(-c5ccc(F)c6scc(C#N)c56)c(F)c4n2)OCC2CC(C#N)CCCN32)C1. The molecule has 6 heterocycles. The van der Waals surface area contributed by atoms with Crippen molar-refractivity contribution in [3.05, 3.63) is 39.7 Å². The summed E-state index contributed by atoms with van der Waals surface area (Å²) in [6.45, 7) is 5.53. The molecule has 2 aromatic heterocycles. The maximum absolute atomic E-state index is 17.1. The highest BCUT2D eigenvalue weighted by molar-refractivity contribution is 7.17. The van der Waals surface area contributed by atoms with Crippen LogP contribution >= 0.6 is 22.9 Å². The summed E-state index contributed by atoms with van der Waals surface area (Å²) in [5.74, 6) is -0.111. The minimum atomic E-state index is -0.720. The number of nitrogens with zero attached hydrogens (tertiary/aromatic N) is 6. The monoisotopic (exact) mass is 660 g/mol. The molecule has 0 saturated carbocycles. The molecular weight excluding hydrogens is 630 g/mol. The van der Waals surface area contributed by atoms with Gasteiger partial charge in [0.25, 0.3) is 0 Å². The zero-order chi connectivity index (χ0) is 31.7. The first kappa shape index (κ1) is 29.6. The Hall–Kier alpha value is -3.77. The lowest BCUT2D eigenvalue weighted by Crippen LogP contribution is -2.43. The van der Waals surface area contributed by atoms with Crippen molar-refractivity contribution in [2.45, 2.75) is 57.0 Å². The summed E-state index contributed by atoms with van der Waals surface area (Å²) in [5, 5.41) is 21.8. The van der Waals surface area contributed by atoms with E-state index in [9.17, 15) is 14.9 Å². The third kappa shape index (κ3) is 4.51. The molecule has 4 aliphatic rings. The number of hydrogen-bond donors (Lipinski definition) is 0. The lowest BCUT2D eigenvalue weighted by molar-refractivity contribution is 0.107. The van der Waals surface area contributed by atoms with E-state index in [0.29, 0.717) is 42.1 Å². The van der Waals surface area contributed by atoms with Gasteiger partial charge in [-0.25, -0.2) is 8.78 Å². The van der Waals surface area contributed by atoms with Gasteiger partial charge < -0.3 is 14.4 Å². The third-order valence-electron chi connectivity index (χ3n) is 10.3. The van der Waals surface area contributed by atoms with Gasteiger partial charge in [-0.3, -0.25) is 4.90 Å². The number of hydrogen-bond acceptors (Lipinski definition) is 9. The lowest BCUT2D eigenvalue weighted by Gasteiger charge is -2.32. The van der Waals surface area contributed by atoms with Gasteiger partial charge in [-0.2, -0.15) is 20.5 Å². The van der Waals surface area contributed by atoms with Crippen molar-refractivity contribution in [3.63, 3.8) is 0 Å². The maximum Gasteiger partial charge on any atom is 0.319 e. The molecule has 3 saturated heterocycles. The number of anilines is 1. The van der Waals surface area contributed by atoms with E-state index in [1.54, 1.807) is 5.38 Å². The van der Waals surface area contributed by atoms with E-state index in [2.05, 4.69) is 33.8 Å². The Kier molecular flexibility index (Phi) is 7.20. The van der Waals surface area contributed by atoms with Crippen molar-refractivity contribution in [1.29, 1.82) is 10.5 Å². The lowest BCUT2D eigenvalue weighted by atomic mass is 9.92. The quantitative estimate of drug-likeness (QED) is 0.223. The molecular formula is C34H31ClF2N6O2S. The van der Waals surface area contributed by atoms with Gasteiger partial charge in [0.05, 0.1) is 38.3 Å². The molecule has 4 atom stereocenters. The first-order valence-electron chi connectivity index (χ1n) is 15.8. The summed E-state index contributed by atoms with van der Waals surface area (Å²) in [6, 6.07) is 7.11. The molecule has 0 amide bonds. The summed E-state index contributed by atoms with van der Waals surface area (Å²) in [6.07, 6.45) is 5.22. The molecule has 3 unspecified atom stereocenters. The van der Waals surface area contributed by atoms with Gasteiger partial charge in [0.1, 0.15) is 36.4 Å². The number of rotatable bonds is 4. The Morgan fingerprint density at radius 1 is 1.20 bits per heavy atom. The van der Waals surface area contributed by atoms with E-state index in [0.717, 1.165) is 56.5 Å². The Labute approximate surface area is 274 Å². The Bertz CT molecular complexity index is 1990. The van der Waals surface area contributed by atoms with Crippen LogP contribution in [0.2, 0.25) is 5.02 Å². The number of thiophene rings is 1. The molecule has 0 N–H and O–H groups in total. The van der Waals surface area contributed by atoms with Crippen LogP contribution in [0.1, 0.15) is 51.0 Å². The maximum atomic E-state index is 17.1. The molecule has 0 aliphatic carbocycles. The van der Waals surface area contributed by atoms with Crippen molar-refractivity contribution in [1.82, 2.24) is 14.9 Å². The smallest absolute Gasteiger partial charge is 0.319 e. The molecule has 4 aliphatic heterocycles. The largest absolute Gasteiger partial charge is 0.489 e. The fourth-order valence-electron chi connectivity index (χ4n) is 8.31. The summed E-state index contributed by atoms with van der Waals surface area (Å²) >= 11 is 8.14. The number of halogens is 3. The van der Waals surface area contributed by atoms with Crippen molar-refractivity contribution in [2.75, 3.05) is 37.7 Å². The van der Waals surface area contributed by atoms with Gasteiger partial charge in [-0.05, 0) is 62.6 Å².